The second-order valence-electron chi connectivity index (χ2n) is 5.85. The number of benzene rings is 1. The lowest BCUT2D eigenvalue weighted by molar-refractivity contribution is -0.159. The number of ether oxygens (including phenoxy) is 1. The van der Waals surface area contributed by atoms with E-state index in [0.717, 1.165) is 19.5 Å². The summed E-state index contributed by atoms with van der Waals surface area (Å²) in [5.41, 5.74) is 2.28. The first-order chi connectivity index (χ1) is 8.59. The third-order valence-corrected chi connectivity index (χ3v) is 4.50. The van der Waals surface area contributed by atoms with Gasteiger partial charge in [0.2, 0.25) is 0 Å². The van der Waals surface area contributed by atoms with E-state index in [9.17, 15) is 5.11 Å². The van der Waals surface area contributed by atoms with Crippen LogP contribution in [-0.2, 0) is 4.74 Å². The van der Waals surface area contributed by atoms with E-state index in [1.54, 1.807) is 0 Å². The summed E-state index contributed by atoms with van der Waals surface area (Å²) in [6, 6.07) is 8.61. The zero-order valence-electron chi connectivity index (χ0n) is 10.5. The molecule has 0 saturated carbocycles. The molecule has 3 atom stereocenters. The molecule has 1 N–H and O–H groups in total. The lowest BCUT2D eigenvalue weighted by Gasteiger charge is -2.24. The lowest BCUT2D eigenvalue weighted by atomic mass is 9.85. The predicted octanol–water partition coefficient (Wildman–Crippen LogP) is 1.85. The zero-order valence-corrected chi connectivity index (χ0v) is 10.5. The molecule has 0 radical (unpaired) electrons. The van der Waals surface area contributed by atoms with Gasteiger partial charge in [0.15, 0.2) is 5.79 Å². The van der Waals surface area contributed by atoms with Gasteiger partial charge in [-0.25, -0.2) is 0 Å². The fourth-order valence-corrected chi connectivity index (χ4v) is 3.54. The first kappa shape index (κ1) is 10.6. The first-order valence-electron chi connectivity index (χ1n) is 6.53. The summed E-state index contributed by atoms with van der Waals surface area (Å²) < 4.78 is 5.85. The number of hydrogen-bond acceptors (Lipinski definition) is 3. The lowest BCUT2D eigenvalue weighted by Crippen LogP contribution is -2.34. The Hall–Kier alpha value is -1.32. The van der Waals surface area contributed by atoms with E-state index in [1.165, 1.54) is 11.3 Å². The summed E-state index contributed by atoms with van der Waals surface area (Å²) >= 11 is 0. The number of aliphatic hydroxyl groups is 1. The SMILES string of the molecule is Cc1ccc(N2CC3CC4(O)C=CC3(C2)O4)cc1. The van der Waals surface area contributed by atoms with Crippen LogP contribution in [-0.4, -0.2) is 29.6 Å². The average molecular weight is 243 g/mol. The summed E-state index contributed by atoms with van der Waals surface area (Å²) in [7, 11) is 0. The molecule has 0 aromatic heterocycles. The number of rotatable bonds is 1. The van der Waals surface area contributed by atoms with Crippen molar-refractivity contribution in [3.05, 3.63) is 42.0 Å². The Bertz CT molecular complexity index is 524. The molecule has 3 aliphatic heterocycles. The summed E-state index contributed by atoms with van der Waals surface area (Å²) in [5.74, 6) is -0.571. The van der Waals surface area contributed by atoms with Gasteiger partial charge in [-0.05, 0) is 31.2 Å². The molecule has 3 aliphatic rings. The van der Waals surface area contributed by atoms with Crippen molar-refractivity contribution < 1.29 is 9.84 Å². The molecule has 1 aromatic carbocycles. The van der Waals surface area contributed by atoms with Gasteiger partial charge >= 0.3 is 0 Å². The summed E-state index contributed by atoms with van der Waals surface area (Å²) in [6.45, 7) is 3.92. The van der Waals surface area contributed by atoms with Crippen LogP contribution < -0.4 is 4.90 Å². The van der Waals surface area contributed by atoms with E-state index in [4.69, 9.17) is 4.74 Å². The highest BCUT2D eigenvalue weighted by Crippen LogP contribution is 2.52. The third-order valence-electron chi connectivity index (χ3n) is 4.50. The number of anilines is 1. The Kier molecular flexibility index (Phi) is 1.86. The summed E-state index contributed by atoms with van der Waals surface area (Å²) in [5, 5.41) is 10.1. The van der Waals surface area contributed by atoms with Crippen molar-refractivity contribution in [3.63, 3.8) is 0 Å². The van der Waals surface area contributed by atoms with Crippen LogP contribution in [0.3, 0.4) is 0 Å². The molecule has 1 aromatic rings. The van der Waals surface area contributed by atoms with Crippen LogP contribution in [0.2, 0.25) is 0 Å². The van der Waals surface area contributed by atoms with Crippen molar-refractivity contribution in [1.29, 1.82) is 0 Å². The third kappa shape index (κ3) is 1.32. The van der Waals surface area contributed by atoms with Gasteiger partial charge < -0.3 is 14.7 Å². The molecule has 2 fully saturated rings. The molecule has 1 spiro atoms. The van der Waals surface area contributed by atoms with Crippen LogP contribution in [0.25, 0.3) is 0 Å². The molecule has 0 aliphatic carbocycles. The van der Waals surface area contributed by atoms with Gasteiger partial charge in [-0.15, -0.1) is 0 Å². The normalized spacial score (nSPS) is 40.6. The average Bonchev–Trinajstić information content (AvgIpc) is 2.91. The Morgan fingerprint density at radius 2 is 2.06 bits per heavy atom. The Morgan fingerprint density at radius 3 is 2.72 bits per heavy atom. The van der Waals surface area contributed by atoms with Gasteiger partial charge in [0.25, 0.3) is 0 Å². The molecule has 4 rings (SSSR count). The number of nitrogens with zero attached hydrogens (tertiary/aromatic N) is 1. The van der Waals surface area contributed by atoms with Crippen molar-refractivity contribution in [2.24, 2.45) is 5.92 Å². The topological polar surface area (TPSA) is 32.7 Å². The molecule has 2 bridgehead atoms. The molecule has 18 heavy (non-hydrogen) atoms. The minimum absolute atomic E-state index is 0.250. The van der Waals surface area contributed by atoms with Crippen LogP contribution in [0.15, 0.2) is 36.4 Å². The molecular weight excluding hydrogens is 226 g/mol. The molecule has 94 valence electrons. The van der Waals surface area contributed by atoms with Crippen molar-refractivity contribution in [3.8, 4) is 0 Å². The second kappa shape index (κ2) is 3.16. The fourth-order valence-electron chi connectivity index (χ4n) is 3.54. The minimum atomic E-state index is -0.982. The number of fused-ring (bicyclic) bond motifs is 1. The quantitative estimate of drug-likeness (QED) is 0.764. The van der Waals surface area contributed by atoms with Gasteiger partial charge in [-0.2, -0.15) is 0 Å². The molecule has 3 heterocycles. The highest BCUT2D eigenvalue weighted by Gasteiger charge is 2.61. The van der Waals surface area contributed by atoms with Crippen LogP contribution in [0.1, 0.15) is 12.0 Å². The molecule has 2 saturated heterocycles. The van der Waals surface area contributed by atoms with E-state index in [-0.39, 0.29) is 5.60 Å². The van der Waals surface area contributed by atoms with E-state index in [2.05, 4.69) is 42.2 Å². The predicted molar refractivity (Wildman–Crippen MR) is 69.4 cm³/mol. The minimum Gasteiger partial charge on any atom is -0.368 e. The van der Waals surface area contributed by atoms with E-state index in [0.29, 0.717) is 5.92 Å². The second-order valence-corrected chi connectivity index (χ2v) is 5.85. The Morgan fingerprint density at radius 1 is 1.28 bits per heavy atom. The van der Waals surface area contributed by atoms with Gasteiger partial charge in [0, 0.05) is 24.6 Å². The highest BCUT2D eigenvalue weighted by atomic mass is 16.7. The van der Waals surface area contributed by atoms with Crippen LogP contribution >= 0.6 is 0 Å². The first-order valence-corrected chi connectivity index (χ1v) is 6.53. The largest absolute Gasteiger partial charge is 0.368 e. The molecule has 3 unspecified atom stereocenters. The molecule has 3 heteroatoms. The highest BCUT2D eigenvalue weighted by molar-refractivity contribution is 5.51. The van der Waals surface area contributed by atoms with Crippen molar-refractivity contribution in [2.45, 2.75) is 24.7 Å². The van der Waals surface area contributed by atoms with E-state index < -0.39 is 5.79 Å². The van der Waals surface area contributed by atoms with Gasteiger partial charge in [0.1, 0.15) is 5.60 Å². The van der Waals surface area contributed by atoms with E-state index in [1.807, 2.05) is 6.08 Å². The standard InChI is InChI=1S/C15H17NO2/c1-11-2-4-13(5-3-11)16-9-12-8-15(17)7-6-14(12,10-16)18-15/h2-7,12,17H,8-10H2,1H3. The van der Waals surface area contributed by atoms with Gasteiger partial charge in [0.05, 0.1) is 6.54 Å². The fraction of sp³-hybridized carbons (Fsp3) is 0.467. The zero-order chi connectivity index (χ0) is 12.4. The van der Waals surface area contributed by atoms with Crippen molar-refractivity contribution in [1.82, 2.24) is 0 Å². The molecule has 3 nitrogen and oxygen atoms in total. The number of aryl methyl sites for hydroxylation is 1. The maximum absolute atomic E-state index is 10.1. The number of hydrogen-bond donors (Lipinski definition) is 1. The van der Waals surface area contributed by atoms with Gasteiger partial charge in [-0.3, -0.25) is 0 Å². The van der Waals surface area contributed by atoms with Crippen LogP contribution in [0, 0.1) is 12.8 Å². The molecular formula is C15H17NO2. The summed E-state index contributed by atoms with van der Waals surface area (Å²) in [6.07, 6.45) is 4.61. The van der Waals surface area contributed by atoms with Gasteiger partial charge in [-0.1, -0.05) is 17.7 Å². The maximum Gasteiger partial charge on any atom is 0.186 e. The van der Waals surface area contributed by atoms with Crippen molar-refractivity contribution >= 4 is 5.69 Å². The molecule has 0 amide bonds. The van der Waals surface area contributed by atoms with Crippen LogP contribution in [0.4, 0.5) is 5.69 Å². The van der Waals surface area contributed by atoms with E-state index >= 15 is 0 Å². The van der Waals surface area contributed by atoms with Crippen LogP contribution in [0.5, 0.6) is 0 Å². The monoisotopic (exact) mass is 243 g/mol. The summed E-state index contributed by atoms with van der Waals surface area (Å²) in [4.78, 5) is 2.36. The maximum atomic E-state index is 10.1. The Labute approximate surface area is 107 Å². The smallest absolute Gasteiger partial charge is 0.186 e. The van der Waals surface area contributed by atoms with Crippen molar-refractivity contribution in [2.75, 3.05) is 18.0 Å². The Balaban J connectivity index is 1.62.